The third-order valence-corrected chi connectivity index (χ3v) is 5.33. The molecular formula is C20H26N4O. The lowest BCUT2D eigenvalue weighted by molar-refractivity contribution is 0.0699. The van der Waals surface area contributed by atoms with E-state index >= 15 is 0 Å². The van der Waals surface area contributed by atoms with Crippen molar-refractivity contribution in [3.8, 4) is 11.3 Å². The second-order valence-corrected chi connectivity index (χ2v) is 7.45. The molecule has 1 aromatic heterocycles. The fraction of sp³-hybridized carbons (Fsp3) is 0.500. The Morgan fingerprint density at radius 2 is 1.92 bits per heavy atom. The van der Waals surface area contributed by atoms with E-state index < -0.39 is 0 Å². The molecule has 0 radical (unpaired) electrons. The summed E-state index contributed by atoms with van der Waals surface area (Å²) in [7, 11) is 0. The maximum Gasteiger partial charge on any atom is 0.271 e. The summed E-state index contributed by atoms with van der Waals surface area (Å²) in [6, 6.07) is 10.6. The first kappa shape index (κ1) is 16.3. The monoisotopic (exact) mass is 338 g/mol. The van der Waals surface area contributed by atoms with Crippen LogP contribution in [0.3, 0.4) is 0 Å². The number of benzene rings is 1. The molecule has 0 unspecified atom stereocenters. The van der Waals surface area contributed by atoms with Gasteiger partial charge in [0.05, 0.1) is 5.69 Å². The molecule has 4 rings (SSSR count). The average Bonchev–Trinajstić information content (AvgIpc) is 3.35. The van der Waals surface area contributed by atoms with Crippen molar-refractivity contribution >= 4 is 5.91 Å². The van der Waals surface area contributed by atoms with Gasteiger partial charge in [-0.3, -0.25) is 9.89 Å². The van der Waals surface area contributed by atoms with Crippen LogP contribution in [0.5, 0.6) is 0 Å². The average molecular weight is 338 g/mol. The molecular weight excluding hydrogens is 312 g/mol. The lowest BCUT2D eigenvalue weighted by atomic mass is 10.0. The number of carbonyl (C=O) groups is 1. The predicted octanol–water partition coefficient (Wildman–Crippen LogP) is 2.99. The fourth-order valence-electron chi connectivity index (χ4n) is 3.42. The second-order valence-electron chi connectivity index (χ2n) is 7.45. The zero-order valence-corrected chi connectivity index (χ0v) is 14.8. The molecule has 1 aromatic carbocycles. The van der Waals surface area contributed by atoms with Crippen LogP contribution in [0.4, 0.5) is 0 Å². The van der Waals surface area contributed by atoms with Gasteiger partial charge >= 0.3 is 0 Å². The van der Waals surface area contributed by atoms with Crippen LogP contribution in [0.2, 0.25) is 0 Å². The lowest BCUT2D eigenvalue weighted by Crippen LogP contribution is -2.45. The first-order valence-corrected chi connectivity index (χ1v) is 9.34. The van der Waals surface area contributed by atoms with Crippen molar-refractivity contribution < 1.29 is 4.79 Å². The number of aryl methyl sites for hydroxylation is 1. The van der Waals surface area contributed by atoms with Gasteiger partial charge in [-0.2, -0.15) is 5.10 Å². The van der Waals surface area contributed by atoms with Crippen LogP contribution in [-0.4, -0.2) is 46.7 Å². The van der Waals surface area contributed by atoms with Gasteiger partial charge in [-0.05, 0) is 51.1 Å². The van der Waals surface area contributed by atoms with E-state index in [0.717, 1.165) is 49.7 Å². The Hall–Kier alpha value is -2.14. The topological polar surface area (TPSA) is 61.0 Å². The third kappa shape index (κ3) is 3.93. The van der Waals surface area contributed by atoms with Crippen molar-refractivity contribution in [3.05, 3.63) is 41.6 Å². The smallest absolute Gasteiger partial charge is 0.271 e. The number of hydrogen-bond acceptors (Lipinski definition) is 3. The maximum absolute atomic E-state index is 12.7. The summed E-state index contributed by atoms with van der Waals surface area (Å²) in [6.45, 7) is 4.85. The van der Waals surface area contributed by atoms with Crippen molar-refractivity contribution in [1.29, 1.82) is 0 Å². The van der Waals surface area contributed by atoms with Gasteiger partial charge < -0.3 is 10.2 Å². The molecule has 2 fully saturated rings. The van der Waals surface area contributed by atoms with Crippen molar-refractivity contribution in [1.82, 2.24) is 20.4 Å². The molecule has 0 bridgehead atoms. The van der Waals surface area contributed by atoms with Crippen molar-refractivity contribution in [3.63, 3.8) is 0 Å². The Bertz CT molecular complexity index is 724. The summed E-state index contributed by atoms with van der Waals surface area (Å²) in [4.78, 5) is 14.7. The molecule has 2 heterocycles. The van der Waals surface area contributed by atoms with E-state index in [1.165, 1.54) is 18.4 Å². The van der Waals surface area contributed by atoms with Crippen LogP contribution in [-0.2, 0) is 0 Å². The van der Waals surface area contributed by atoms with Gasteiger partial charge in [0.15, 0.2) is 0 Å². The van der Waals surface area contributed by atoms with Crippen LogP contribution in [0.15, 0.2) is 30.3 Å². The van der Waals surface area contributed by atoms with Crippen molar-refractivity contribution in [2.45, 2.75) is 38.6 Å². The van der Waals surface area contributed by atoms with Gasteiger partial charge in [0, 0.05) is 24.7 Å². The molecule has 132 valence electrons. The number of amides is 1. The Labute approximate surface area is 148 Å². The number of nitrogens with zero attached hydrogens (tertiary/aromatic N) is 2. The quantitative estimate of drug-likeness (QED) is 0.881. The molecule has 0 atom stereocenters. The Kier molecular flexibility index (Phi) is 4.57. The molecule has 2 aliphatic rings. The highest BCUT2D eigenvalue weighted by Crippen LogP contribution is 2.28. The first-order valence-electron chi connectivity index (χ1n) is 9.34. The van der Waals surface area contributed by atoms with Gasteiger partial charge in [-0.15, -0.1) is 0 Å². The van der Waals surface area contributed by atoms with Gasteiger partial charge in [0.2, 0.25) is 0 Å². The van der Waals surface area contributed by atoms with E-state index in [1.54, 1.807) is 0 Å². The summed E-state index contributed by atoms with van der Waals surface area (Å²) < 4.78 is 0. The molecule has 5 nitrogen and oxygen atoms in total. The van der Waals surface area contributed by atoms with Crippen LogP contribution >= 0.6 is 0 Å². The highest BCUT2D eigenvalue weighted by atomic mass is 16.2. The SMILES string of the molecule is Cc1ccc(-c2cc(C(=O)N3CCC(NCC4CC4)CC3)[nH]n2)cc1. The highest BCUT2D eigenvalue weighted by Gasteiger charge is 2.27. The predicted molar refractivity (Wildman–Crippen MR) is 98.4 cm³/mol. The Morgan fingerprint density at radius 3 is 2.60 bits per heavy atom. The summed E-state index contributed by atoms with van der Waals surface area (Å²) in [6.07, 6.45) is 4.84. The maximum atomic E-state index is 12.7. The van der Waals surface area contributed by atoms with Crippen molar-refractivity contribution in [2.75, 3.05) is 19.6 Å². The first-order chi connectivity index (χ1) is 12.2. The molecule has 1 aliphatic carbocycles. The molecule has 1 aliphatic heterocycles. The largest absolute Gasteiger partial charge is 0.337 e. The van der Waals surface area contributed by atoms with Gasteiger partial charge in [0.25, 0.3) is 5.91 Å². The molecule has 1 amide bonds. The molecule has 2 aromatic rings. The van der Waals surface area contributed by atoms with E-state index in [2.05, 4.69) is 34.6 Å². The van der Waals surface area contributed by atoms with E-state index in [1.807, 2.05) is 23.1 Å². The Morgan fingerprint density at radius 1 is 1.20 bits per heavy atom. The molecule has 25 heavy (non-hydrogen) atoms. The van der Waals surface area contributed by atoms with E-state index in [9.17, 15) is 4.79 Å². The zero-order chi connectivity index (χ0) is 17.2. The number of aromatic nitrogens is 2. The number of piperidine rings is 1. The van der Waals surface area contributed by atoms with Gasteiger partial charge in [-0.1, -0.05) is 29.8 Å². The number of rotatable bonds is 5. The number of hydrogen-bond donors (Lipinski definition) is 2. The van der Waals surface area contributed by atoms with Crippen LogP contribution < -0.4 is 5.32 Å². The molecule has 1 saturated heterocycles. The Balaban J connectivity index is 1.34. The number of H-pyrrole nitrogens is 1. The van der Waals surface area contributed by atoms with E-state index in [4.69, 9.17) is 0 Å². The molecule has 0 spiro atoms. The van der Waals surface area contributed by atoms with Crippen molar-refractivity contribution in [2.24, 2.45) is 5.92 Å². The zero-order valence-electron chi connectivity index (χ0n) is 14.8. The third-order valence-electron chi connectivity index (χ3n) is 5.33. The minimum atomic E-state index is 0.0616. The molecule has 5 heteroatoms. The number of carbonyl (C=O) groups excluding carboxylic acids is 1. The lowest BCUT2D eigenvalue weighted by Gasteiger charge is -2.32. The molecule has 1 saturated carbocycles. The number of aromatic amines is 1. The summed E-state index contributed by atoms with van der Waals surface area (Å²) in [5.74, 6) is 0.969. The number of nitrogens with one attached hydrogen (secondary N) is 2. The van der Waals surface area contributed by atoms with E-state index in [-0.39, 0.29) is 5.91 Å². The van der Waals surface area contributed by atoms with E-state index in [0.29, 0.717) is 11.7 Å². The van der Waals surface area contributed by atoms with Gasteiger partial charge in [0.1, 0.15) is 5.69 Å². The standard InChI is InChI=1S/C20H26N4O/c1-14-2-6-16(7-3-14)18-12-19(23-22-18)20(25)24-10-8-17(9-11-24)21-13-15-4-5-15/h2-3,6-7,12,15,17,21H,4-5,8-11,13H2,1H3,(H,22,23). The summed E-state index contributed by atoms with van der Waals surface area (Å²) >= 11 is 0. The second kappa shape index (κ2) is 7.00. The minimum Gasteiger partial charge on any atom is -0.337 e. The minimum absolute atomic E-state index is 0.0616. The number of likely N-dealkylation sites (tertiary alicyclic amines) is 1. The van der Waals surface area contributed by atoms with Crippen LogP contribution in [0, 0.1) is 12.8 Å². The van der Waals surface area contributed by atoms with Gasteiger partial charge in [-0.25, -0.2) is 0 Å². The molecule has 2 N–H and O–H groups in total. The normalized spacial score (nSPS) is 18.5. The summed E-state index contributed by atoms with van der Waals surface area (Å²) in [5, 5.41) is 10.9. The fourth-order valence-corrected chi connectivity index (χ4v) is 3.42. The highest BCUT2D eigenvalue weighted by molar-refractivity contribution is 5.93. The summed E-state index contributed by atoms with van der Waals surface area (Å²) in [5.41, 5.74) is 3.65. The van der Waals surface area contributed by atoms with Crippen LogP contribution in [0.25, 0.3) is 11.3 Å². The van der Waals surface area contributed by atoms with Crippen LogP contribution in [0.1, 0.15) is 41.7 Å².